The summed E-state index contributed by atoms with van der Waals surface area (Å²) >= 11 is 11.9. The highest BCUT2D eigenvalue weighted by Crippen LogP contribution is 2.39. The molecular weight excluding hydrogens is 343 g/mol. The van der Waals surface area contributed by atoms with Gasteiger partial charge in [-0.3, -0.25) is 9.59 Å². The summed E-state index contributed by atoms with van der Waals surface area (Å²) in [7, 11) is 0. The minimum atomic E-state index is -0.417. The lowest BCUT2D eigenvalue weighted by Crippen LogP contribution is -2.18. The van der Waals surface area contributed by atoms with Crippen molar-refractivity contribution >= 4 is 45.5 Å². The molecule has 0 aromatic heterocycles. The fourth-order valence-corrected chi connectivity index (χ4v) is 3.45. The Morgan fingerprint density at radius 1 is 0.625 bits per heavy atom. The number of carbonyl (C=O) groups excluding carboxylic acids is 2. The molecule has 1 aliphatic rings. The molecule has 0 spiro atoms. The second-order valence-corrected chi connectivity index (χ2v) is 6.30. The van der Waals surface area contributed by atoms with Crippen LogP contribution in [0.5, 0.6) is 0 Å². The van der Waals surface area contributed by atoms with Crippen LogP contribution in [0.2, 0.25) is 0 Å². The van der Waals surface area contributed by atoms with Gasteiger partial charge in [0.15, 0.2) is 0 Å². The Balaban J connectivity index is 2.15. The summed E-state index contributed by atoms with van der Waals surface area (Å²) in [5.74, 6) is -0.828. The highest BCUT2D eigenvalue weighted by atomic mass is 35.5. The molecule has 0 N–H and O–H groups in total. The zero-order valence-corrected chi connectivity index (χ0v) is 13.9. The number of allylic oxidation sites excluding steroid dienone is 2. The first kappa shape index (κ1) is 15.1. The fraction of sp³-hybridized carbons (Fsp3) is 0. The maximum Gasteiger partial charge on any atom is 0.207 e. The van der Waals surface area contributed by atoms with Crippen molar-refractivity contribution in [2.75, 3.05) is 0 Å². The van der Waals surface area contributed by atoms with Gasteiger partial charge in [-0.05, 0) is 28.0 Å². The molecule has 4 heteroatoms. The Morgan fingerprint density at radius 2 is 1.21 bits per heavy atom. The van der Waals surface area contributed by atoms with Crippen molar-refractivity contribution in [3.63, 3.8) is 0 Å². The SMILES string of the molecule is O=C1C(Cl)=C(Cl)C(=O)c2c1cc(-c1ccccc1)c1ccccc21. The van der Waals surface area contributed by atoms with Crippen LogP contribution in [0, 0.1) is 0 Å². The van der Waals surface area contributed by atoms with E-state index in [0.29, 0.717) is 16.5 Å². The van der Waals surface area contributed by atoms with Crippen molar-refractivity contribution in [2.45, 2.75) is 0 Å². The smallest absolute Gasteiger partial charge is 0.207 e. The Hall–Kier alpha value is -2.42. The number of hydrogen-bond acceptors (Lipinski definition) is 2. The third-order valence-corrected chi connectivity index (χ3v) is 5.01. The summed E-state index contributed by atoms with van der Waals surface area (Å²) in [5, 5.41) is 1.16. The van der Waals surface area contributed by atoms with E-state index >= 15 is 0 Å². The van der Waals surface area contributed by atoms with E-state index in [4.69, 9.17) is 23.2 Å². The summed E-state index contributed by atoms with van der Waals surface area (Å²) < 4.78 is 0. The second-order valence-electron chi connectivity index (χ2n) is 5.54. The second kappa shape index (κ2) is 5.59. The number of rotatable bonds is 1. The van der Waals surface area contributed by atoms with Crippen molar-refractivity contribution in [1.29, 1.82) is 0 Å². The first-order chi connectivity index (χ1) is 11.6. The third-order valence-electron chi connectivity index (χ3n) is 4.19. The monoisotopic (exact) mass is 352 g/mol. The lowest BCUT2D eigenvalue weighted by Gasteiger charge is -2.19. The van der Waals surface area contributed by atoms with E-state index in [1.54, 1.807) is 6.07 Å². The Bertz CT molecular complexity index is 1050. The number of carbonyl (C=O) groups is 2. The molecule has 0 heterocycles. The van der Waals surface area contributed by atoms with Crippen molar-refractivity contribution in [3.8, 4) is 11.1 Å². The van der Waals surface area contributed by atoms with E-state index in [2.05, 4.69) is 0 Å². The van der Waals surface area contributed by atoms with Crippen molar-refractivity contribution < 1.29 is 9.59 Å². The lowest BCUT2D eigenvalue weighted by atomic mass is 9.85. The van der Waals surface area contributed by atoms with Gasteiger partial charge in [-0.2, -0.15) is 0 Å². The van der Waals surface area contributed by atoms with Crippen LogP contribution < -0.4 is 0 Å². The van der Waals surface area contributed by atoms with Gasteiger partial charge in [-0.15, -0.1) is 0 Å². The van der Waals surface area contributed by atoms with E-state index in [1.165, 1.54) is 0 Å². The van der Waals surface area contributed by atoms with Gasteiger partial charge in [0.25, 0.3) is 0 Å². The van der Waals surface area contributed by atoms with Gasteiger partial charge in [0.1, 0.15) is 10.1 Å². The van der Waals surface area contributed by atoms with Crippen LogP contribution in [0.15, 0.2) is 70.7 Å². The average Bonchev–Trinajstić information content (AvgIpc) is 2.64. The number of Topliss-reactive ketones (excluding diaryl/α,β-unsaturated/α-hetero) is 2. The largest absolute Gasteiger partial charge is 0.288 e. The molecule has 3 aromatic carbocycles. The molecule has 2 nitrogen and oxygen atoms in total. The highest BCUT2D eigenvalue weighted by molar-refractivity contribution is 6.60. The van der Waals surface area contributed by atoms with Crippen LogP contribution >= 0.6 is 23.2 Å². The lowest BCUT2D eigenvalue weighted by molar-refractivity contribution is 0.0988. The molecule has 0 amide bonds. The topological polar surface area (TPSA) is 34.1 Å². The molecule has 0 unspecified atom stereocenters. The number of halogens is 2. The molecule has 0 saturated carbocycles. The fourth-order valence-electron chi connectivity index (χ4n) is 3.08. The molecule has 116 valence electrons. The predicted molar refractivity (Wildman–Crippen MR) is 96.8 cm³/mol. The van der Waals surface area contributed by atoms with E-state index in [9.17, 15) is 9.59 Å². The standard InChI is InChI=1S/C20H10Cl2O2/c21-17-18(22)20(24)16-13-9-5-4-8-12(13)14(10-15(16)19(17)23)11-6-2-1-3-7-11/h1-10H. The van der Waals surface area contributed by atoms with Crippen LogP contribution in [-0.4, -0.2) is 11.6 Å². The Kier molecular flexibility index (Phi) is 3.52. The summed E-state index contributed by atoms with van der Waals surface area (Å²) in [5.41, 5.74) is 2.47. The first-order valence-corrected chi connectivity index (χ1v) is 8.11. The molecule has 0 atom stereocenters. The van der Waals surface area contributed by atoms with Gasteiger partial charge in [-0.1, -0.05) is 77.8 Å². The quantitative estimate of drug-likeness (QED) is 0.573. The van der Waals surface area contributed by atoms with E-state index < -0.39 is 11.6 Å². The Labute approximate surface area is 148 Å². The van der Waals surface area contributed by atoms with Crippen LogP contribution in [-0.2, 0) is 0 Å². The number of fused-ring (bicyclic) bond motifs is 3. The minimum Gasteiger partial charge on any atom is -0.288 e. The van der Waals surface area contributed by atoms with Gasteiger partial charge >= 0.3 is 0 Å². The van der Waals surface area contributed by atoms with Gasteiger partial charge in [0, 0.05) is 11.1 Å². The highest BCUT2D eigenvalue weighted by Gasteiger charge is 2.32. The molecule has 0 fully saturated rings. The maximum absolute atomic E-state index is 12.6. The van der Waals surface area contributed by atoms with Crippen LogP contribution in [0.4, 0.5) is 0 Å². The van der Waals surface area contributed by atoms with Crippen LogP contribution in [0.1, 0.15) is 20.7 Å². The molecule has 24 heavy (non-hydrogen) atoms. The maximum atomic E-state index is 12.6. The number of benzene rings is 3. The number of hydrogen-bond donors (Lipinski definition) is 0. The van der Waals surface area contributed by atoms with Gasteiger partial charge in [0.2, 0.25) is 11.6 Å². The molecule has 0 saturated heterocycles. The van der Waals surface area contributed by atoms with Gasteiger partial charge in [-0.25, -0.2) is 0 Å². The van der Waals surface area contributed by atoms with Crippen molar-refractivity contribution in [2.24, 2.45) is 0 Å². The van der Waals surface area contributed by atoms with E-state index in [0.717, 1.165) is 16.5 Å². The van der Waals surface area contributed by atoms with Crippen LogP contribution in [0.3, 0.4) is 0 Å². The molecule has 0 bridgehead atoms. The normalized spacial score (nSPS) is 14.2. The van der Waals surface area contributed by atoms with E-state index in [-0.39, 0.29) is 10.1 Å². The van der Waals surface area contributed by atoms with Crippen LogP contribution in [0.25, 0.3) is 21.9 Å². The third kappa shape index (κ3) is 2.11. The van der Waals surface area contributed by atoms with Crippen molar-refractivity contribution in [1.82, 2.24) is 0 Å². The van der Waals surface area contributed by atoms with Gasteiger partial charge < -0.3 is 0 Å². The average molecular weight is 353 g/mol. The van der Waals surface area contributed by atoms with Crippen molar-refractivity contribution in [3.05, 3.63) is 81.9 Å². The molecule has 4 rings (SSSR count). The minimum absolute atomic E-state index is 0.216. The Morgan fingerprint density at radius 3 is 1.92 bits per heavy atom. The van der Waals surface area contributed by atoms with Gasteiger partial charge in [0.05, 0.1) is 0 Å². The molecule has 0 aliphatic heterocycles. The summed E-state index contributed by atoms with van der Waals surface area (Å²) in [6, 6.07) is 19.0. The van der Waals surface area contributed by atoms with E-state index in [1.807, 2.05) is 54.6 Å². The molecule has 0 radical (unpaired) electrons. The summed E-state index contributed by atoms with van der Waals surface area (Å²) in [4.78, 5) is 25.2. The first-order valence-electron chi connectivity index (χ1n) is 7.35. The zero-order chi connectivity index (χ0) is 16.8. The summed E-state index contributed by atoms with van der Waals surface area (Å²) in [6.45, 7) is 0. The number of ketones is 2. The summed E-state index contributed by atoms with van der Waals surface area (Å²) in [6.07, 6.45) is 0. The predicted octanol–water partition coefficient (Wildman–Crippen LogP) is 5.58. The zero-order valence-electron chi connectivity index (χ0n) is 12.3. The molecule has 1 aliphatic carbocycles. The molecule has 3 aromatic rings. The molecular formula is C20H10Cl2O2.